The van der Waals surface area contributed by atoms with E-state index in [1.807, 2.05) is 32.0 Å². The zero-order valence-corrected chi connectivity index (χ0v) is 15.3. The molecule has 0 amide bonds. The Morgan fingerprint density at radius 1 is 1.00 bits per heavy atom. The average molecular weight is 375 g/mol. The third-order valence-corrected chi connectivity index (χ3v) is 4.97. The molecule has 0 heterocycles. The molecule has 1 atom stereocenters. The Morgan fingerprint density at radius 2 is 1.54 bits per heavy atom. The van der Waals surface area contributed by atoms with Gasteiger partial charge >= 0.3 is 5.97 Å². The minimum absolute atomic E-state index is 0.0221. The molecule has 0 aliphatic heterocycles. The lowest BCUT2D eigenvalue weighted by atomic mass is 10.1. The monoisotopic (exact) mass is 375 g/mol. The summed E-state index contributed by atoms with van der Waals surface area (Å²) in [6.07, 6.45) is 0.206. The standard InChI is InChI=1S/C18H21N3O4S/c1-13(2)12-17(18(22)23)21-26(24,25)16-10-8-15(9-11-16)20-19-14-6-4-3-5-7-14/h3-11,13,17,21H,12H2,1-2H3,(H,22,23)/t17-/m0/s1. The smallest absolute Gasteiger partial charge is 0.321 e. The van der Waals surface area contributed by atoms with Crippen molar-refractivity contribution in [2.75, 3.05) is 0 Å². The van der Waals surface area contributed by atoms with Gasteiger partial charge in [0.2, 0.25) is 10.0 Å². The van der Waals surface area contributed by atoms with Gasteiger partial charge in [-0.1, -0.05) is 32.0 Å². The normalized spacial score (nSPS) is 13.2. The molecule has 2 rings (SSSR count). The molecule has 2 N–H and O–H groups in total. The minimum atomic E-state index is -3.94. The van der Waals surface area contributed by atoms with E-state index in [0.717, 1.165) is 0 Å². The predicted molar refractivity (Wildman–Crippen MR) is 98.3 cm³/mol. The number of hydrogen-bond acceptors (Lipinski definition) is 5. The van der Waals surface area contributed by atoms with Crippen LogP contribution in [0.25, 0.3) is 0 Å². The summed E-state index contributed by atoms with van der Waals surface area (Å²) in [6.45, 7) is 3.66. The van der Waals surface area contributed by atoms with E-state index < -0.39 is 22.0 Å². The average Bonchev–Trinajstić information content (AvgIpc) is 2.60. The molecule has 26 heavy (non-hydrogen) atoms. The molecule has 2 aromatic carbocycles. The molecule has 0 fully saturated rings. The van der Waals surface area contributed by atoms with Crippen LogP contribution < -0.4 is 4.72 Å². The molecule has 138 valence electrons. The van der Waals surface area contributed by atoms with Gasteiger partial charge in [-0.25, -0.2) is 8.42 Å². The summed E-state index contributed by atoms with van der Waals surface area (Å²) in [4.78, 5) is 11.2. The molecule has 7 nitrogen and oxygen atoms in total. The highest BCUT2D eigenvalue weighted by molar-refractivity contribution is 7.89. The first kappa shape index (κ1) is 19.7. The number of rotatable bonds is 8. The second-order valence-corrected chi connectivity index (χ2v) is 7.89. The second-order valence-electron chi connectivity index (χ2n) is 6.17. The Labute approximate surface area is 152 Å². The lowest BCUT2D eigenvalue weighted by Crippen LogP contribution is -2.41. The molecule has 0 spiro atoms. The zero-order chi connectivity index (χ0) is 19.2. The van der Waals surface area contributed by atoms with Gasteiger partial charge in [0.25, 0.3) is 0 Å². The Hall–Kier alpha value is -2.58. The fourth-order valence-electron chi connectivity index (χ4n) is 2.23. The van der Waals surface area contributed by atoms with Crippen molar-refractivity contribution in [3.63, 3.8) is 0 Å². The highest BCUT2D eigenvalue weighted by Gasteiger charge is 2.26. The van der Waals surface area contributed by atoms with Crippen molar-refractivity contribution in [3.8, 4) is 0 Å². The lowest BCUT2D eigenvalue weighted by molar-refractivity contribution is -0.139. The molecule has 0 saturated carbocycles. The van der Waals surface area contributed by atoms with E-state index in [4.69, 9.17) is 0 Å². The van der Waals surface area contributed by atoms with Gasteiger partial charge in [-0.05, 0) is 48.7 Å². The van der Waals surface area contributed by atoms with Crippen molar-refractivity contribution in [2.24, 2.45) is 16.1 Å². The van der Waals surface area contributed by atoms with Gasteiger partial charge in [0.05, 0.1) is 16.3 Å². The van der Waals surface area contributed by atoms with Gasteiger partial charge in [-0.2, -0.15) is 15.0 Å². The summed E-state index contributed by atoms with van der Waals surface area (Å²) in [6, 6.07) is 13.7. The molecule has 8 heteroatoms. The zero-order valence-electron chi connectivity index (χ0n) is 14.5. The van der Waals surface area contributed by atoms with E-state index in [9.17, 15) is 18.3 Å². The Kier molecular flexibility index (Phi) is 6.59. The number of carboxylic acid groups (broad SMARTS) is 1. The molecule has 0 bridgehead atoms. The summed E-state index contributed by atoms with van der Waals surface area (Å²) >= 11 is 0. The van der Waals surface area contributed by atoms with Crippen molar-refractivity contribution in [3.05, 3.63) is 54.6 Å². The van der Waals surface area contributed by atoms with Crippen molar-refractivity contribution in [1.82, 2.24) is 4.72 Å². The molecule has 0 aliphatic carbocycles. The number of nitrogens with zero attached hydrogens (tertiary/aromatic N) is 2. The number of hydrogen-bond donors (Lipinski definition) is 2. The molecule has 2 aromatic rings. The van der Waals surface area contributed by atoms with Crippen LogP contribution in [-0.4, -0.2) is 25.5 Å². The van der Waals surface area contributed by atoms with Crippen LogP contribution >= 0.6 is 0 Å². The number of benzene rings is 2. The molecule has 0 unspecified atom stereocenters. The predicted octanol–water partition coefficient (Wildman–Crippen LogP) is 3.88. The summed E-state index contributed by atoms with van der Waals surface area (Å²) in [5.74, 6) is -1.16. The van der Waals surface area contributed by atoms with E-state index in [1.165, 1.54) is 24.3 Å². The van der Waals surface area contributed by atoms with E-state index in [1.54, 1.807) is 12.1 Å². The van der Waals surface area contributed by atoms with Crippen LogP contribution in [-0.2, 0) is 14.8 Å². The number of sulfonamides is 1. The van der Waals surface area contributed by atoms with Crippen LogP contribution in [0.2, 0.25) is 0 Å². The largest absolute Gasteiger partial charge is 0.480 e. The second kappa shape index (κ2) is 8.68. The highest BCUT2D eigenvalue weighted by Crippen LogP contribution is 2.20. The molecule has 0 aromatic heterocycles. The summed E-state index contributed by atoms with van der Waals surface area (Å²) in [5.41, 5.74) is 1.17. The van der Waals surface area contributed by atoms with Gasteiger partial charge < -0.3 is 5.11 Å². The molecule has 0 saturated heterocycles. The van der Waals surface area contributed by atoms with Gasteiger partial charge in [0.1, 0.15) is 6.04 Å². The van der Waals surface area contributed by atoms with E-state index in [0.29, 0.717) is 11.4 Å². The minimum Gasteiger partial charge on any atom is -0.480 e. The molecule has 0 radical (unpaired) electrons. The number of carboxylic acids is 1. The topological polar surface area (TPSA) is 108 Å². The molecular formula is C18H21N3O4S. The SMILES string of the molecule is CC(C)C[C@H](NS(=O)(=O)c1ccc(N=Nc2ccccc2)cc1)C(=O)O. The number of azo groups is 1. The summed E-state index contributed by atoms with van der Waals surface area (Å²) in [7, 11) is -3.94. The Bertz CT molecular complexity index is 863. The number of aliphatic carboxylic acids is 1. The fraction of sp³-hybridized carbons (Fsp3) is 0.278. The first-order valence-corrected chi connectivity index (χ1v) is 9.58. The van der Waals surface area contributed by atoms with Crippen molar-refractivity contribution >= 4 is 27.4 Å². The Balaban J connectivity index is 2.13. The summed E-state index contributed by atoms with van der Waals surface area (Å²) < 4.78 is 27.0. The van der Waals surface area contributed by atoms with Crippen molar-refractivity contribution in [1.29, 1.82) is 0 Å². The van der Waals surface area contributed by atoms with E-state index in [-0.39, 0.29) is 17.2 Å². The number of carbonyl (C=O) groups is 1. The van der Waals surface area contributed by atoms with Crippen LogP contribution in [0.1, 0.15) is 20.3 Å². The van der Waals surface area contributed by atoms with Gasteiger partial charge in [-0.3, -0.25) is 4.79 Å². The molecular weight excluding hydrogens is 354 g/mol. The van der Waals surface area contributed by atoms with Crippen LogP contribution in [0, 0.1) is 5.92 Å². The number of nitrogens with one attached hydrogen (secondary N) is 1. The van der Waals surface area contributed by atoms with Crippen molar-refractivity contribution < 1.29 is 18.3 Å². The summed E-state index contributed by atoms with van der Waals surface area (Å²) in [5, 5.41) is 17.3. The maximum absolute atomic E-state index is 12.4. The third kappa shape index (κ3) is 5.75. The van der Waals surface area contributed by atoms with Gasteiger partial charge in [0, 0.05) is 0 Å². The maximum atomic E-state index is 12.4. The van der Waals surface area contributed by atoms with E-state index in [2.05, 4.69) is 15.0 Å². The first-order valence-electron chi connectivity index (χ1n) is 8.10. The van der Waals surface area contributed by atoms with Crippen LogP contribution in [0.15, 0.2) is 69.7 Å². The molecule has 0 aliphatic rings. The Morgan fingerprint density at radius 3 is 2.04 bits per heavy atom. The fourth-order valence-corrected chi connectivity index (χ4v) is 3.43. The third-order valence-electron chi connectivity index (χ3n) is 3.49. The van der Waals surface area contributed by atoms with Gasteiger partial charge in [0.15, 0.2) is 0 Å². The van der Waals surface area contributed by atoms with Crippen LogP contribution in [0.3, 0.4) is 0 Å². The van der Waals surface area contributed by atoms with Gasteiger partial charge in [-0.15, -0.1) is 0 Å². The maximum Gasteiger partial charge on any atom is 0.321 e. The van der Waals surface area contributed by atoms with Crippen molar-refractivity contribution in [2.45, 2.75) is 31.2 Å². The first-order chi connectivity index (χ1) is 12.3. The highest BCUT2D eigenvalue weighted by atomic mass is 32.2. The van der Waals surface area contributed by atoms with E-state index >= 15 is 0 Å². The van der Waals surface area contributed by atoms with Crippen LogP contribution in [0.4, 0.5) is 11.4 Å². The van der Waals surface area contributed by atoms with Crippen LogP contribution in [0.5, 0.6) is 0 Å². The lowest BCUT2D eigenvalue weighted by Gasteiger charge is -2.16. The quantitative estimate of drug-likeness (QED) is 0.682.